The van der Waals surface area contributed by atoms with E-state index in [4.69, 9.17) is 4.74 Å². The molecule has 3 aromatic heterocycles. The molecule has 168 valence electrons. The van der Waals surface area contributed by atoms with Gasteiger partial charge in [0.25, 0.3) is 0 Å². The maximum Gasteiger partial charge on any atom is 0.217 e. The van der Waals surface area contributed by atoms with Crippen molar-refractivity contribution in [1.82, 2.24) is 14.5 Å². The van der Waals surface area contributed by atoms with Gasteiger partial charge in [-0.3, -0.25) is 0 Å². The van der Waals surface area contributed by atoms with Crippen LogP contribution < -0.4 is 4.74 Å². The Kier molecular flexibility index (Phi) is 5.87. The fourth-order valence-electron chi connectivity index (χ4n) is 4.09. The molecule has 0 unspecified atom stereocenters. The summed E-state index contributed by atoms with van der Waals surface area (Å²) in [6.45, 7) is 0. The molecule has 0 aliphatic carbocycles. The number of hydrogen-bond donors (Lipinski definition) is 1. The number of phenolic OH excluding ortho intramolecular Hbond substituents is 1. The Morgan fingerprint density at radius 2 is 1.56 bits per heavy atom. The summed E-state index contributed by atoms with van der Waals surface area (Å²) >= 11 is 0. The van der Waals surface area contributed by atoms with Crippen molar-refractivity contribution in [3.05, 3.63) is 109 Å². The van der Waals surface area contributed by atoms with Crippen LogP contribution in [0.2, 0.25) is 0 Å². The van der Waals surface area contributed by atoms with Crippen molar-refractivity contribution in [3.8, 4) is 34.3 Å². The predicted molar refractivity (Wildman–Crippen MR) is 129 cm³/mol. The van der Waals surface area contributed by atoms with Crippen LogP contribution in [0.4, 0.5) is 0 Å². The van der Waals surface area contributed by atoms with E-state index < -0.39 is 0 Å². The van der Waals surface area contributed by atoms with Gasteiger partial charge in [0.15, 0.2) is 0 Å². The third kappa shape index (κ3) is 3.85. The van der Waals surface area contributed by atoms with Gasteiger partial charge in [-0.2, -0.15) is 6.07 Å². The van der Waals surface area contributed by atoms with Crippen LogP contribution in [-0.4, -0.2) is 19.6 Å². The van der Waals surface area contributed by atoms with E-state index in [9.17, 15) is 5.11 Å². The summed E-state index contributed by atoms with van der Waals surface area (Å²) in [5.74, 6) is 1.13. The maximum absolute atomic E-state index is 10.2. The van der Waals surface area contributed by atoms with Crippen molar-refractivity contribution in [2.75, 3.05) is 0 Å². The van der Waals surface area contributed by atoms with Crippen molar-refractivity contribution < 1.29 is 30.9 Å². The van der Waals surface area contributed by atoms with Crippen LogP contribution >= 0.6 is 0 Å². The third-order valence-corrected chi connectivity index (χ3v) is 5.55. The number of phenols is 1. The number of aromatic nitrogens is 3. The minimum atomic E-state index is 0. The smallest absolute Gasteiger partial charge is 0.217 e. The monoisotopic (exact) mass is 623 g/mol. The van der Waals surface area contributed by atoms with E-state index in [0.29, 0.717) is 22.9 Å². The molecule has 5 nitrogen and oxygen atoms in total. The van der Waals surface area contributed by atoms with E-state index in [1.54, 1.807) is 24.4 Å². The largest absolute Gasteiger partial charge is 0.507 e. The van der Waals surface area contributed by atoms with E-state index in [1.165, 1.54) is 0 Å². The molecular formula is C28H18N3O2Pt-. The summed E-state index contributed by atoms with van der Waals surface area (Å²) in [5.41, 5.74) is 4.03. The van der Waals surface area contributed by atoms with Gasteiger partial charge in [-0.05, 0) is 36.4 Å². The second-order valence-electron chi connectivity index (χ2n) is 7.61. The zero-order valence-electron chi connectivity index (χ0n) is 17.8. The van der Waals surface area contributed by atoms with E-state index in [2.05, 4.69) is 38.8 Å². The first-order valence-electron chi connectivity index (χ1n) is 10.6. The number of rotatable bonds is 4. The summed E-state index contributed by atoms with van der Waals surface area (Å²) < 4.78 is 8.15. The molecule has 0 saturated carbocycles. The molecule has 0 amide bonds. The number of para-hydroxylation sites is 2. The Morgan fingerprint density at radius 3 is 2.47 bits per heavy atom. The van der Waals surface area contributed by atoms with Crippen molar-refractivity contribution in [2.24, 2.45) is 0 Å². The number of ether oxygens (including phenoxy) is 1. The molecule has 1 N–H and O–H groups in total. The molecule has 0 spiro atoms. The molecule has 3 heterocycles. The van der Waals surface area contributed by atoms with Crippen LogP contribution in [-0.2, 0) is 21.1 Å². The number of benzene rings is 3. The van der Waals surface area contributed by atoms with Crippen molar-refractivity contribution in [2.45, 2.75) is 0 Å². The zero-order valence-corrected chi connectivity index (χ0v) is 20.1. The summed E-state index contributed by atoms with van der Waals surface area (Å²) in [5, 5.41) is 12.4. The fourth-order valence-corrected chi connectivity index (χ4v) is 4.09. The molecule has 34 heavy (non-hydrogen) atoms. The van der Waals surface area contributed by atoms with Crippen molar-refractivity contribution >= 4 is 21.9 Å². The summed E-state index contributed by atoms with van der Waals surface area (Å²) in [6.07, 6.45) is 1.80. The van der Waals surface area contributed by atoms with Crippen LogP contribution in [0.1, 0.15) is 0 Å². The van der Waals surface area contributed by atoms with Crippen LogP contribution in [0.25, 0.3) is 38.9 Å². The van der Waals surface area contributed by atoms with Gasteiger partial charge in [-0.25, -0.2) is 9.97 Å². The summed E-state index contributed by atoms with van der Waals surface area (Å²) in [6, 6.07) is 34.0. The second kappa shape index (κ2) is 9.12. The molecule has 0 aliphatic rings. The minimum Gasteiger partial charge on any atom is -0.507 e. The van der Waals surface area contributed by atoms with Crippen LogP contribution in [0.3, 0.4) is 0 Å². The molecule has 0 fully saturated rings. The van der Waals surface area contributed by atoms with Gasteiger partial charge in [0.2, 0.25) is 5.88 Å². The summed E-state index contributed by atoms with van der Waals surface area (Å²) in [4.78, 5) is 9.20. The van der Waals surface area contributed by atoms with E-state index in [0.717, 1.165) is 27.6 Å². The predicted octanol–water partition coefficient (Wildman–Crippen LogP) is 6.54. The molecule has 3 aromatic carbocycles. The Hall–Kier alpha value is -3.95. The molecule has 0 bridgehead atoms. The number of nitrogens with zero attached hydrogens (tertiary/aromatic N) is 3. The van der Waals surface area contributed by atoms with Crippen molar-refractivity contribution in [3.63, 3.8) is 0 Å². The Bertz CT molecular complexity index is 1570. The van der Waals surface area contributed by atoms with E-state index >= 15 is 0 Å². The molecule has 0 atom stereocenters. The van der Waals surface area contributed by atoms with Gasteiger partial charge >= 0.3 is 0 Å². The van der Waals surface area contributed by atoms with Crippen LogP contribution in [0, 0.1) is 6.07 Å². The molecule has 0 aliphatic heterocycles. The minimum absolute atomic E-state index is 0. The molecule has 0 radical (unpaired) electrons. The Balaban J connectivity index is 0.00000241. The topological polar surface area (TPSA) is 60.2 Å². The number of fused-ring (bicyclic) bond motifs is 3. The quantitative estimate of drug-likeness (QED) is 0.227. The van der Waals surface area contributed by atoms with Gasteiger partial charge in [-0.1, -0.05) is 42.1 Å². The van der Waals surface area contributed by atoms with Gasteiger partial charge in [0.1, 0.15) is 11.4 Å². The van der Waals surface area contributed by atoms with E-state index in [-0.39, 0.29) is 26.8 Å². The number of hydrogen-bond acceptors (Lipinski definition) is 4. The first-order chi connectivity index (χ1) is 16.3. The molecule has 6 heteroatoms. The maximum atomic E-state index is 10.2. The Labute approximate surface area is 210 Å². The fraction of sp³-hybridized carbons (Fsp3) is 0. The molecule has 6 aromatic rings. The van der Waals surface area contributed by atoms with Crippen LogP contribution in [0.5, 0.6) is 17.4 Å². The average molecular weight is 624 g/mol. The SMILES string of the molecule is Oc1ccccc1-c1cccc(Oc2[c-]c(-n3c4ccccc4c4cccnc43)ccc2)n1.[Pt]. The average Bonchev–Trinajstić information content (AvgIpc) is 3.19. The number of pyridine rings is 2. The van der Waals surface area contributed by atoms with E-state index in [1.807, 2.05) is 60.7 Å². The first kappa shape index (κ1) is 21.9. The normalized spacial score (nSPS) is 10.8. The molecule has 0 saturated heterocycles. The molecular weight excluding hydrogens is 605 g/mol. The van der Waals surface area contributed by atoms with Gasteiger partial charge in [0, 0.05) is 55.4 Å². The first-order valence-corrected chi connectivity index (χ1v) is 10.6. The van der Waals surface area contributed by atoms with Gasteiger partial charge in [-0.15, -0.1) is 18.2 Å². The molecule has 6 rings (SSSR count). The van der Waals surface area contributed by atoms with Gasteiger partial charge in [0.05, 0.1) is 11.2 Å². The third-order valence-electron chi connectivity index (χ3n) is 5.55. The van der Waals surface area contributed by atoms with Crippen LogP contribution in [0.15, 0.2) is 103 Å². The standard InChI is InChI=1S/C28H18N3O2.Pt/c32-26-15-4-2-11-23(26)24-13-6-16-27(30-24)33-20-9-5-8-19(18-20)31-25-14-3-1-10-21(25)22-12-7-17-29-28(22)31;/h1-17,32H;/q-1;. The zero-order chi connectivity index (χ0) is 22.2. The van der Waals surface area contributed by atoms with Gasteiger partial charge < -0.3 is 14.4 Å². The van der Waals surface area contributed by atoms with Crippen molar-refractivity contribution in [1.29, 1.82) is 0 Å². The number of aromatic hydroxyl groups is 1. The second-order valence-corrected chi connectivity index (χ2v) is 7.61. The summed E-state index contributed by atoms with van der Waals surface area (Å²) in [7, 11) is 0. The Morgan fingerprint density at radius 1 is 0.765 bits per heavy atom.